The third-order valence-corrected chi connectivity index (χ3v) is 2.95. The molecule has 1 aliphatic heterocycles. The molecule has 5 nitrogen and oxygen atoms in total. The van der Waals surface area contributed by atoms with E-state index in [0.717, 1.165) is 26.1 Å². The van der Waals surface area contributed by atoms with E-state index in [2.05, 4.69) is 0 Å². The number of ether oxygens (including phenoxy) is 2. The first-order valence-corrected chi connectivity index (χ1v) is 5.71. The van der Waals surface area contributed by atoms with Gasteiger partial charge in [-0.1, -0.05) is 0 Å². The van der Waals surface area contributed by atoms with Crippen molar-refractivity contribution in [2.45, 2.75) is 18.9 Å². The average molecular weight is 230 g/mol. The summed E-state index contributed by atoms with van der Waals surface area (Å²) in [6.07, 6.45) is 1.59. The lowest BCUT2D eigenvalue weighted by atomic mass is 10.1. The molecule has 0 radical (unpaired) electrons. The van der Waals surface area contributed by atoms with Crippen LogP contribution in [0, 0.1) is 5.92 Å². The van der Waals surface area contributed by atoms with E-state index in [1.807, 2.05) is 4.90 Å². The molecule has 2 N–H and O–H groups in total. The normalized spacial score (nSPS) is 22.4. The van der Waals surface area contributed by atoms with Crippen LogP contribution in [0.5, 0.6) is 0 Å². The zero-order chi connectivity index (χ0) is 12.0. The zero-order valence-corrected chi connectivity index (χ0v) is 10.1. The molecule has 0 aromatic heterocycles. The van der Waals surface area contributed by atoms with Crippen LogP contribution in [0.25, 0.3) is 0 Å². The molecule has 1 amide bonds. The molecule has 2 atom stereocenters. The number of carbonyl (C=O) groups is 1. The first kappa shape index (κ1) is 13.4. The van der Waals surface area contributed by atoms with E-state index < -0.39 is 6.04 Å². The summed E-state index contributed by atoms with van der Waals surface area (Å²) >= 11 is 0. The van der Waals surface area contributed by atoms with Crippen LogP contribution in [0.4, 0.5) is 0 Å². The third-order valence-electron chi connectivity index (χ3n) is 2.95. The van der Waals surface area contributed by atoms with Gasteiger partial charge in [-0.2, -0.15) is 0 Å². The zero-order valence-electron chi connectivity index (χ0n) is 10.1. The van der Waals surface area contributed by atoms with E-state index >= 15 is 0 Å². The molecule has 1 heterocycles. The number of likely N-dealkylation sites (tertiary alicyclic amines) is 1. The third kappa shape index (κ3) is 3.73. The van der Waals surface area contributed by atoms with Gasteiger partial charge in [-0.05, 0) is 12.8 Å². The Kier molecular flexibility index (Phi) is 5.73. The highest BCUT2D eigenvalue weighted by atomic mass is 16.5. The maximum Gasteiger partial charge on any atom is 0.239 e. The van der Waals surface area contributed by atoms with Crippen molar-refractivity contribution >= 4 is 5.91 Å². The minimum atomic E-state index is -0.429. The van der Waals surface area contributed by atoms with Crippen molar-refractivity contribution in [1.29, 1.82) is 0 Å². The number of hydrogen-bond donors (Lipinski definition) is 1. The standard InChI is InChI=1S/C11H22N2O3/c1-15-6-4-10(12)11(14)13-5-3-9(7-13)8-16-2/h9-10H,3-8,12H2,1-2H3. The summed E-state index contributed by atoms with van der Waals surface area (Å²) in [5, 5.41) is 0. The van der Waals surface area contributed by atoms with E-state index in [1.54, 1.807) is 14.2 Å². The number of amides is 1. The fraction of sp³-hybridized carbons (Fsp3) is 0.909. The van der Waals surface area contributed by atoms with Gasteiger partial charge >= 0.3 is 0 Å². The van der Waals surface area contributed by atoms with E-state index in [0.29, 0.717) is 18.9 Å². The van der Waals surface area contributed by atoms with Crippen LogP contribution in [-0.2, 0) is 14.3 Å². The van der Waals surface area contributed by atoms with Gasteiger partial charge in [-0.25, -0.2) is 0 Å². The van der Waals surface area contributed by atoms with Crippen LogP contribution >= 0.6 is 0 Å². The summed E-state index contributed by atoms with van der Waals surface area (Å²) in [5.74, 6) is 0.499. The molecule has 0 aromatic rings. The van der Waals surface area contributed by atoms with Crippen LogP contribution in [0.15, 0.2) is 0 Å². The van der Waals surface area contributed by atoms with Crippen LogP contribution in [0.1, 0.15) is 12.8 Å². The summed E-state index contributed by atoms with van der Waals surface area (Å²) in [4.78, 5) is 13.7. The number of hydrogen-bond acceptors (Lipinski definition) is 4. The quantitative estimate of drug-likeness (QED) is 0.689. The predicted octanol–water partition coefficient (Wildman–Crippen LogP) is -0.155. The van der Waals surface area contributed by atoms with Crippen molar-refractivity contribution < 1.29 is 14.3 Å². The minimum Gasteiger partial charge on any atom is -0.385 e. The average Bonchev–Trinajstić information content (AvgIpc) is 2.74. The van der Waals surface area contributed by atoms with Gasteiger partial charge in [0.05, 0.1) is 12.6 Å². The van der Waals surface area contributed by atoms with Gasteiger partial charge in [0.2, 0.25) is 5.91 Å². The predicted molar refractivity (Wildman–Crippen MR) is 61.0 cm³/mol. The molecule has 1 aliphatic rings. The van der Waals surface area contributed by atoms with Crippen molar-refractivity contribution in [2.24, 2.45) is 11.7 Å². The maximum absolute atomic E-state index is 11.9. The summed E-state index contributed by atoms with van der Waals surface area (Å²) in [5.41, 5.74) is 5.80. The smallest absolute Gasteiger partial charge is 0.239 e. The Balaban J connectivity index is 2.32. The van der Waals surface area contributed by atoms with E-state index in [9.17, 15) is 4.79 Å². The van der Waals surface area contributed by atoms with E-state index in [4.69, 9.17) is 15.2 Å². The fourth-order valence-corrected chi connectivity index (χ4v) is 2.01. The van der Waals surface area contributed by atoms with Gasteiger partial charge in [0, 0.05) is 39.8 Å². The summed E-state index contributed by atoms with van der Waals surface area (Å²) < 4.78 is 10.0. The largest absolute Gasteiger partial charge is 0.385 e. The fourth-order valence-electron chi connectivity index (χ4n) is 2.01. The van der Waals surface area contributed by atoms with E-state index in [-0.39, 0.29) is 5.91 Å². The minimum absolute atomic E-state index is 0.0376. The van der Waals surface area contributed by atoms with Crippen molar-refractivity contribution in [3.05, 3.63) is 0 Å². The van der Waals surface area contributed by atoms with Crippen molar-refractivity contribution in [1.82, 2.24) is 4.90 Å². The maximum atomic E-state index is 11.9. The Morgan fingerprint density at radius 2 is 2.25 bits per heavy atom. The van der Waals surface area contributed by atoms with Gasteiger partial charge in [0.15, 0.2) is 0 Å². The Bertz CT molecular complexity index is 223. The Morgan fingerprint density at radius 1 is 1.50 bits per heavy atom. The van der Waals surface area contributed by atoms with Crippen LogP contribution in [0.3, 0.4) is 0 Å². The van der Waals surface area contributed by atoms with Crippen molar-refractivity contribution in [2.75, 3.05) is 40.5 Å². The van der Waals surface area contributed by atoms with Crippen LogP contribution in [-0.4, -0.2) is 57.4 Å². The van der Waals surface area contributed by atoms with Crippen molar-refractivity contribution in [3.63, 3.8) is 0 Å². The molecular formula is C11H22N2O3. The van der Waals surface area contributed by atoms with Gasteiger partial charge in [-0.3, -0.25) is 4.79 Å². The highest BCUT2D eigenvalue weighted by molar-refractivity contribution is 5.81. The van der Waals surface area contributed by atoms with E-state index in [1.165, 1.54) is 0 Å². The molecule has 0 spiro atoms. The molecule has 5 heteroatoms. The summed E-state index contributed by atoms with van der Waals surface area (Å²) in [6, 6.07) is -0.429. The second-order valence-corrected chi connectivity index (χ2v) is 4.28. The molecule has 16 heavy (non-hydrogen) atoms. The second kappa shape index (κ2) is 6.83. The number of carbonyl (C=O) groups excluding carboxylic acids is 1. The molecule has 1 saturated heterocycles. The molecule has 0 aromatic carbocycles. The highest BCUT2D eigenvalue weighted by Crippen LogP contribution is 2.17. The molecule has 1 fully saturated rings. The first-order chi connectivity index (χ1) is 7.69. The lowest BCUT2D eigenvalue weighted by Crippen LogP contribution is -2.43. The SMILES string of the molecule is COCCC(N)C(=O)N1CCC(COC)C1. The molecule has 0 aliphatic carbocycles. The topological polar surface area (TPSA) is 64.8 Å². The molecule has 0 bridgehead atoms. The molecule has 0 saturated carbocycles. The Hall–Kier alpha value is -0.650. The Labute approximate surface area is 96.9 Å². The van der Waals surface area contributed by atoms with Crippen molar-refractivity contribution in [3.8, 4) is 0 Å². The number of methoxy groups -OCH3 is 2. The first-order valence-electron chi connectivity index (χ1n) is 5.71. The molecule has 2 unspecified atom stereocenters. The van der Waals surface area contributed by atoms with Gasteiger partial charge in [-0.15, -0.1) is 0 Å². The highest BCUT2D eigenvalue weighted by Gasteiger charge is 2.28. The number of nitrogens with two attached hydrogens (primary N) is 1. The number of rotatable bonds is 6. The van der Waals surface area contributed by atoms with Crippen LogP contribution in [0.2, 0.25) is 0 Å². The second-order valence-electron chi connectivity index (χ2n) is 4.28. The van der Waals surface area contributed by atoms with Crippen LogP contribution < -0.4 is 5.73 Å². The van der Waals surface area contributed by atoms with Gasteiger partial charge in [0.25, 0.3) is 0 Å². The Morgan fingerprint density at radius 3 is 2.88 bits per heavy atom. The molecule has 94 valence electrons. The lowest BCUT2D eigenvalue weighted by molar-refractivity contribution is -0.132. The molecule has 1 rings (SSSR count). The summed E-state index contributed by atoms with van der Waals surface area (Å²) in [6.45, 7) is 2.82. The van der Waals surface area contributed by atoms with Gasteiger partial charge in [0.1, 0.15) is 0 Å². The number of nitrogens with zero attached hydrogens (tertiary/aromatic N) is 1. The summed E-state index contributed by atoms with van der Waals surface area (Å²) in [7, 11) is 3.30. The monoisotopic (exact) mass is 230 g/mol. The lowest BCUT2D eigenvalue weighted by Gasteiger charge is -2.20. The molecular weight excluding hydrogens is 208 g/mol. The van der Waals surface area contributed by atoms with Gasteiger partial charge < -0.3 is 20.1 Å².